The van der Waals surface area contributed by atoms with Gasteiger partial charge >= 0.3 is 0 Å². The standard InChI is InChI=1S/C24H29ClFN3O2Si/c1-16-27-11-9-21(28-16)17-10-12-29(23(30)14-17)22(15-31-32(5,6)24(2,3)4)18-7-8-19(25)20(26)13-18/h7-14,22H,15H2,1-6H3/t22-/m1/s1. The molecule has 0 aliphatic heterocycles. The molecule has 2 aromatic heterocycles. The number of aryl methyl sites for hydroxylation is 1. The number of pyridine rings is 1. The molecule has 170 valence electrons. The smallest absolute Gasteiger partial charge is 0.251 e. The first kappa shape index (κ1) is 24.3. The average molecular weight is 474 g/mol. The summed E-state index contributed by atoms with van der Waals surface area (Å²) in [5, 5.41) is 0.0438. The molecule has 8 heteroatoms. The van der Waals surface area contributed by atoms with Crippen LogP contribution < -0.4 is 5.56 Å². The normalized spacial score (nSPS) is 13.2. The van der Waals surface area contributed by atoms with Gasteiger partial charge in [0.15, 0.2) is 8.32 Å². The van der Waals surface area contributed by atoms with E-state index in [1.54, 1.807) is 36.0 Å². The van der Waals surface area contributed by atoms with Crippen molar-refractivity contribution >= 4 is 19.9 Å². The van der Waals surface area contributed by atoms with E-state index in [-0.39, 0.29) is 22.2 Å². The summed E-state index contributed by atoms with van der Waals surface area (Å²) in [6.07, 6.45) is 3.37. The van der Waals surface area contributed by atoms with Gasteiger partial charge in [0.05, 0.1) is 23.4 Å². The second-order valence-electron chi connectivity index (χ2n) is 9.41. The van der Waals surface area contributed by atoms with Gasteiger partial charge in [0.25, 0.3) is 5.56 Å². The van der Waals surface area contributed by atoms with Crippen LogP contribution in [0.15, 0.2) is 53.6 Å². The summed E-state index contributed by atoms with van der Waals surface area (Å²) in [4.78, 5) is 21.6. The van der Waals surface area contributed by atoms with Crippen molar-refractivity contribution in [3.05, 3.63) is 81.4 Å². The molecule has 0 fully saturated rings. The Morgan fingerprint density at radius 1 is 1.19 bits per heavy atom. The van der Waals surface area contributed by atoms with Crippen LogP contribution in [0.2, 0.25) is 23.2 Å². The van der Waals surface area contributed by atoms with Gasteiger partial charge in [-0.2, -0.15) is 0 Å². The Bertz CT molecular complexity index is 1170. The Morgan fingerprint density at radius 2 is 1.91 bits per heavy atom. The summed E-state index contributed by atoms with van der Waals surface area (Å²) < 4.78 is 22.3. The molecule has 0 N–H and O–H groups in total. The van der Waals surface area contributed by atoms with E-state index in [1.165, 1.54) is 18.2 Å². The highest BCUT2D eigenvalue weighted by molar-refractivity contribution is 6.74. The van der Waals surface area contributed by atoms with Crippen molar-refractivity contribution in [1.82, 2.24) is 14.5 Å². The summed E-state index contributed by atoms with van der Waals surface area (Å²) in [7, 11) is -2.10. The zero-order valence-electron chi connectivity index (χ0n) is 19.3. The lowest BCUT2D eigenvalue weighted by atomic mass is 10.1. The highest BCUT2D eigenvalue weighted by atomic mass is 35.5. The molecule has 0 saturated carbocycles. The fraction of sp³-hybridized carbons (Fsp3) is 0.375. The van der Waals surface area contributed by atoms with Gasteiger partial charge in [-0.15, -0.1) is 0 Å². The van der Waals surface area contributed by atoms with Crippen LogP contribution in [0, 0.1) is 12.7 Å². The number of benzene rings is 1. The van der Waals surface area contributed by atoms with Crippen LogP contribution in [-0.4, -0.2) is 29.5 Å². The van der Waals surface area contributed by atoms with Crippen LogP contribution in [-0.2, 0) is 4.43 Å². The molecule has 2 heterocycles. The van der Waals surface area contributed by atoms with E-state index in [0.717, 1.165) is 0 Å². The third-order valence-electron chi connectivity index (χ3n) is 6.09. The topological polar surface area (TPSA) is 57.0 Å². The molecule has 1 aromatic carbocycles. The molecule has 0 aliphatic rings. The van der Waals surface area contributed by atoms with Gasteiger partial charge in [-0.25, -0.2) is 14.4 Å². The molecule has 0 bridgehead atoms. The monoisotopic (exact) mass is 473 g/mol. The fourth-order valence-corrected chi connectivity index (χ4v) is 4.21. The van der Waals surface area contributed by atoms with Crippen LogP contribution in [0.1, 0.15) is 38.2 Å². The molecule has 0 radical (unpaired) electrons. The predicted molar refractivity (Wildman–Crippen MR) is 129 cm³/mol. The number of aromatic nitrogens is 3. The summed E-state index contributed by atoms with van der Waals surface area (Å²) in [5.74, 6) is 0.103. The Hall–Kier alpha value is -2.35. The summed E-state index contributed by atoms with van der Waals surface area (Å²) >= 11 is 5.89. The van der Waals surface area contributed by atoms with Crippen molar-refractivity contribution in [1.29, 1.82) is 0 Å². The van der Waals surface area contributed by atoms with Gasteiger partial charge in [-0.05, 0) is 54.9 Å². The van der Waals surface area contributed by atoms with Crippen molar-refractivity contribution in [3.63, 3.8) is 0 Å². The zero-order valence-corrected chi connectivity index (χ0v) is 21.1. The molecule has 3 rings (SSSR count). The summed E-state index contributed by atoms with van der Waals surface area (Å²) in [6.45, 7) is 12.8. The molecule has 0 unspecified atom stereocenters. The van der Waals surface area contributed by atoms with Crippen molar-refractivity contribution in [2.75, 3.05) is 6.61 Å². The first-order valence-electron chi connectivity index (χ1n) is 10.5. The largest absolute Gasteiger partial charge is 0.414 e. The van der Waals surface area contributed by atoms with Gasteiger partial charge in [-0.3, -0.25) is 4.79 Å². The van der Waals surface area contributed by atoms with Crippen LogP contribution in [0.3, 0.4) is 0 Å². The maximum absolute atomic E-state index is 14.3. The quantitative estimate of drug-likeness (QED) is 0.411. The van der Waals surface area contributed by atoms with Gasteiger partial charge in [0, 0.05) is 24.0 Å². The molecular weight excluding hydrogens is 445 g/mol. The lowest BCUT2D eigenvalue weighted by Crippen LogP contribution is -2.43. The number of hydrogen-bond donors (Lipinski definition) is 0. The average Bonchev–Trinajstić information content (AvgIpc) is 2.70. The first-order chi connectivity index (χ1) is 14.9. The minimum atomic E-state index is -2.10. The molecule has 1 atom stereocenters. The van der Waals surface area contributed by atoms with E-state index >= 15 is 0 Å². The molecular formula is C24H29ClFN3O2Si. The van der Waals surface area contributed by atoms with Crippen LogP contribution in [0.5, 0.6) is 0 Å². The van der Waals surface area contributed by atoms with Crippen molar-refractivity contribution in [3.8, 4) is 11.3 Å². The fourth-order valence-electron chi connectivity index (χ4n) is 3.08. The number of nitrogens with zero attached hydrogens (tertiary/aromatic N) is 3. The second kappa shape index (κ2) is 9.25. The lowest BCUT2D eigenvalue weighted by Gasteiger charge is -2.37. The highest BCUT2D eigenvalue weighted by Gasteiger charge is 2.38. The van der Waals surface area contributed by atoms with E-state index in [2.05, 4.69) is 43.8 Å². The van der Waals surface area contributed by atoms with E-state index in [0.29, 0.717) is 22.6 Å². The van der Waals surface area contributed by atoms with Crippen molar-refractivity contribution in [2.24, 2.45) is 0 Å². The Morgan fingerprint density at radius 3 is 2.50 bits per heavy atom. The maximum Gasteiger partial charge on any atom is 0.251 e. The number of rotatable bonds is 6. The molecule has 5 nitrogen and oxygen atoms in total. The minimum Gasteiger partial charge on any atom is -0.414 e. The number of halogens is 2. The second-order valence-corrected chi connectivity index (χ2v) is 14.6. The lowest BCUT2D eigenvalue weighted by molar-refractivity contribution is 0.246. The number of hydrogen-bond acceptors (Lipinski definition) is 4. The Labute approximate surface area is 194 Å². The van der Waals surface area contributed by atoms with E-state index in [4.69, 9.17) is 16.0 Å². The van der Waals surface area contributed by atoms with Crippen molar-refractivity contribution < 1.29 is 8.82 Å². The van der Waals surface area contributed by atoms with E-state index < -0.39 is 20.2 Å². The van der Waals surface area contributed by atoms with Crippen molar-refractivity contribution in [2.45, 2.75) is 51.9 Å². The van der Waals surface area contributed by atoms with Gasteiger partial charge < -0.3 is 8.99 Å². The van der Waals surface area contributed by atoms with Crippen LogP contribution >= 0.6 is 11.6 Å². The SMILES string of the molecule is Cc1nccc(-c2ccn([C@H](CO[Si](C)(C)C(C)(C)C)c3ccc(Cl)c(F)c3)c(=O)c2)n1. The maximum atomic E-state index is 14.3. The Balaban J connectivity index is 2.02. The van der Waals surface area contributed by atoms with E-state index in [1.807, 2.05) is 6.07 Å². The predicted octanol–water partition coefficient (Wildman–Crippen LogP) is 6.02. The third-order valence-corrected chi connectivity index (χ3v) is 10.9. The molecule has 0 saturated heterocycles. The Kier molecular flexibility index (Phi) is 7.02. The first-order valence-corrected chi connectivity index (χ1v) is 13.8. The van der Waals surface area contributed by atoms with E-state index in [9.17, 15) is 9.18 Å². The minimum absolute atomic E-state index is 0.00247. The van der Waals surface area contributed by atoms with Crippen LogP contribution in [0.4, 0.5) is 4.39 Å². The van der Waals surface area contributed by atoms with Gasteiger partial charge in [0.1, 0.15) is 11.6 Å². The van der Waals surface area contributed by atoms with Gasteiger partial charge in [-0.1, -0.05) is 38.4 Å². The molecule has 3 aromatic rings. The highest BCUT2D eigenvalue weighted by Crippen LogP contribution is 2.37. The molecule has 0 aliphatic carbocycles. The summed E-state index contributed by atoms with van der Waals surface area (Å²) in [5.41, 5.74) is 1.77. The van der Waals surface area contributed by atoms with Crippen LogP contribution in [0.25, 0.3) is 11.3 Å². The zero-order chi connectivity index (χ0) is 23.7. The summed E-state index contributed by atoms with van der Waals surface area (Å²) in [6, 6.07) is 9.25. The molecule has 0 spiro atoms. The molecule has 0 amide bonds. The third kappa shape index (κ3) is 5.34. The molecule has 32 heavy (non-hydrogen) atoms. The van der Waals surface area contributed by atoms with Gasteiger partial charge in [0.2, 0.25) is 0 Å².